The topological polar surface area (TPSA) is 80.3 Å². The number of hydrogen-bond donors (Lipinski definition) is 1. The minimum absolute atomic E-state index is 0.493. The highest BCUT2D eigenvalue weighted by Crippen LogP contribution is 2.27. The van der Waals surface area contributed by atoms with Crippen LogP contribution in [0.2, 0.25) is 0 Å². The largest absolute Gasteiger partial charge is 0.512 e. The molecule has 0 spiro atoms. The molecule has 5 nitrogen and oxygen atoms in total. The number of hydrogen-bond acceptors (Lipinski definition) is 4. The lowest BCUT2D eigenvalue weighted by Gasteiger charge is -2.16. The Morgan fingerprint density at radius 1 is 0.792 bits per heavy atom. The van der Waals surface area contributed by atoms with E-state index in [1.807, 2.05) is 0 Å². The van der Waals surface area contributed by atoms with Crippen LogP contribution in [0.25, 0.3) is 0 Å². The van der Waals surface area contributed by atoms with E-state index in [-0.39, 0.29) is 0 Å². The first-order chi connectivity index (χ1) is 10.3. The highest BCUT2D eigenvalue weighted by atomic mass is 32.3. The van der Waals surface area contributed by atoms with Gasteiger partial charge in [-0.15, -0.1) is 9.24 Å². The lowest BCUT2D eigenvalue weighted by atomic mass is 9.90. The van der Waals surface area contributed by atoms with E-state index >= 15 is 0 Å². The van der Waals surface area contributed by atoms with E-state index in [1.54, 1.807) is 0 Å². The summed E-state index contributed by atoms with van der Waals surface area (Å²) in [7, 11) is -10.4. The van der Waals surface area contributed by atoms with Crippen LogP contribution in [0.5, 0.6) is 0 Å². The van der Waals surface area contributed by atoms with E-state index < -0.39 is 35.2 Å². The number of sulfonamides is 2. The van der Waals surface area contributed by atoms with Crippen molar-refractivity contribution in [3.8, 4) is 0 Å². The fourth-order valence-electron chi connectivity index (χ4n) is 1.04. The van der Waals surface area contributed by atoms with Crippen molar-refractivity contribution in [2.45, 2.75) is 51.1 Å². The third kappa shape index (κ3) is 10.7. The van der Waals surface area contributed by atoms with Crippen LogP contribution in [0.3, 0.4) is 0 Å². The second-order valence-corrected chi connectivity index (χ2v) is 9.97. The van der Waals surface area contributed by atoms with Crippen molar-refractivity contribution in [2.24, 2.45) is 5.41 Å². The van der Waals surface area contributed by atoms with Crippen LogP contribution in [-0.2, 0) is 20.0 Å². The molecule has 0 aromatic rings. The Hall–Kier alpha value is -0.130. The molecular weight excluding hydrogens is 407 g/mol. The molecule has 24 heavy (non-hydrogen) atoms. The van der Waals surface area contributed by atoms with Crippen LogP contribution in [0.1, 0.15) is 40.0 Å². The smallest absolute Gasteiger partial charge is 0.202 e. The van der Waals surface area contributed by atoms with Gasteiger partial charge in [0.25, 0.3) is 0 Å². The highest BCUT2D eigenvalue weighted by Gasteiger charge is 2.55. The zero-order chi connectivity index (χ0) is 20.0. The van der Waals surface area contributed by atoms with Gasteiger partial charge in [0, 0.05) is 0 Å². The number of halogens is 6. The van der Waals surface area contributed by atoms with Crippen LogP contribution in [0, 0.1) is 5.41 Å². The van der Waals surface area contributed by atoms with Gasteiger partial charge >= 0.3 is 31.1 Å². The summed E-state index contributed by atoms with van der Waals surface area (Å²) < 4.78 is 108. The van der Waals surface area contributed by atoms with Crippen molar-refractivity contribution >= 4 is 29.3 Å². The Bertz CT molecular complexity index is 536. The van der Waals surface area contributed by atoms with Crippen molar-refractivity contribution in [1.82, 2.24) is 4.13 Å². The minimum atomic E-state index is -6.60. The molecule has 0 heterocycles. The van der Waals surface area contributed by atoms with E-state index in [0.29, 0.717) is 5.41 Å². The summed E-state index contributed by atoms with van der Waals surface area (Å²) in [6, 6.07) is 0. The molecule has 14 heteroatoms. The zero-order valence-corrected chi connectivity index (χ0v) is 15.9. The molecule has 1 N–H and O–H groups in total. The zero-order valence-electron chi connectivity index (χ0n) is 13.1. The third-order valence-electron chi connectivity index (χ3n) is 2.21. The summed E-state index contributed by atoms with van der Waals surface area (Å²) in [5.41, 5.74) is -11.8. The van der Waals surface area contributed by atoms with Gasteiger partial charge in [0.2, 0.25) is 0 Å². The van der Waals surface area contributed by atoms with Crippen molar-refractivity contribution in [3.63, 3.8) is 0 Å². The van der Waals surface area contributed by atoms with E-state index in [1.165, 1.54) is 25.4 Å². The van der Waals surface area contributed by atoms with Crippen molar-refractivity contribution < 1.29 is 43.2 Å². The highest BCUT2D eigenvalue weighted by molar-refractivity contribution is 8.05. The molecule has 0 aromatic heterocycles. The fraction of sp³-hybridized carbons (Fsp3) is 1.00. The van der Waals surface area contributed by atoms with Crippen molar-refractivity contribution in [1.29, 1.82) is 0 Å². The second kappa shape index (κ2) is 9.00. The van der Waals surface area contributed by atoms with E-state index in [2.05, 4.69) is 30.0 Å². The first kappa shape index (κ1) is 26.1. The molecule has 1 atom stereocenters. The number of nitrogens with one attached hydrogen (secondary N) is 1. The summed E-state index contributed by atoms with van der Waals surface area (Å²) in [5, 5.41) is 0. The van der Waals surface area contributed by atoms with E-state index in [9.17, 15) is 43.2 Å². The molecule has 148 valence electrons. The molecule has 1 unspecified atom stereocenters. The minimum Gasteiger partial charge on any atom is -0.202 e. The second-order valence-electron chi connectivity index (χ2n) is 5.79. The van der Waals surface area contributed by atoms with Crippen LogP contribution in [0.15, 0.2) is 0 Å². The van der Waals surface area contributed by atoms with Crippen LogP contribution >= 0.6 is 9.24 Å². The Kier molecular flexibility index (Phi) is 9.78. The maximum absolute atomic E-state index is 11.5. The van der Waals surface area contributed by atoms with Gasteiger partial charge < -0.3 is 0 Å². The van der Waals surface area contributed by atoms with Gasteiger partial charge in [-0.25, -0.2) is 16.8 Å². The molecular formula is C10H20F6NO4PS2. The summed E-state index contributed by atoms with van der Waals surface area (Å²) >= 11 is 0. The third-order valence-corrected chi connectivity index (χ3v) is 5.59. The van der Waals surface area contributed by atoms with Crippen LogP contribution < -0.4 is 4.13 Å². The van der Waals surface area contributed by atoms with Gasteiger partial charge in [-0.05, 0) is 24.4 Å². The Labute approximate surface area is 139 Å². The molecule has 0 saturated carbocycles. The van der Waals surface area contributed by atoms with Gasteiger partial charge in [-0.3, -0.25) is 0 Å². The normalized spacial score (nSPS) is 14.1. The average Bonchev–Trinajstić information content (AvgIpc) is 2.23. The van der Waals surface area contributed by atoms with Gasteiger partial charge in [0.1, 0.15) is 0 Å². The van der Waals surface area contributed by atoms with E-state index in [4.69, 9.17) is 0 Å². The van der Waals surface area contributed by atoms with Gasteiger partial charge in [-0.2, -0.15) is 26.3 Å². The van der Waals surface area contributed by atoms with E-state index in [0.717, 1.165) is 0 Å². The maximum atomic E-state index is 11.5. The summed E-state index contributed by atoms with van der Waals surface area (Å²) in [5.74, 6) is 0. The van der Waals surface area contributed by atoms with Crippen molar-refractivity contribution in [3.05, 3.63) is 0 Å². The molecule has 0 aliphatic heterocycles. The molecule has 0 aliphatic carbocycles. The quantitative estimate of drug-likeness (QED) is 0.415. The molecule has 0 bridgehead atoms. The predicted octanol–water partition coefficient (Wildman–Crippen LogP) is 3.35. The predicted molar refractivity (Wildman–Crippen MR) is 81.0 cm³/mol. The monoisotopic (exact) mass is 427 g/mol. The summed E-state index contributed by atoms with van der Waals surface area (Å²) in [6.45, 7) is 6.90. The molecule has 0 fully saturated rings. The lowest BCUT2D eigenvalue weighted by molar-refractivity contribution is -0.0476. The standard InChI is InChI=1S/C8H19P.C2HF6NO4S2/c1-8(2,3)6-4-5-7-9;3-1(4,5)14(10,11)9-15(12,13)2(6,7)8/h4-7,9H2,1-3H3;9H. The Morgan fingerprint density at radius 3 is 1.33 bits per heavy atom. The van der Waals surface area contributed by atoms with Gasteiger partial charge in [0.15, 0.2) is 0 Å². The Balaban J connectivity index is 0. The number of rotatable bonds is 5. The average molecular weight is 427 g/mol. The SMILES string of the molecule is CC(C)(C)CCCCP.O=S(=O)(NS(=O)(=O)C(F)(F)F)C(F)(F)F. The first-order valence-electron chi connectivity index (χ1n) is 6.38. The number of alkyl halides is 6. The molecule has 0 rings (SSSR count). The molecule has 0 aromatic carbocycles. The van der Waals surface area contributed by atoms with Crippen LogP contribution in [0.4, 0.5) is 26.3 Å². The van der Waals surface area contributed by atoms with Crippen molar-refractivity contribution in [2.75, 3.05) is 6.16 Å². The molecule has 0 radical (unpaired) electrons. The van der Waals surface area contributed by atoms with Gasteiger partial charge in [-0.1, -0.05) is 31.3 Å². The first-order valence-corrected chi connectivity index (χ1v) is 10.2. The summed E-state index contributed by atoms with van der Waals surface area (Å²) in [4.78, 5) is 0. The molecule has 0 amide bonds. The fourth-order valence-corrected chi connectivity index (χ4v) is 3.24. The lowest BCUT2D eigenvalue weighted by Crippen LogP contribution is -2.45. The van der Waals surface area contributed by atoms with Crippen LogP contribution in [-0.4, -0.2) is 34.0 Å². The maximum Gasteiger partial charge on any atom is 0.512 e. The summed E-state index contributed by atoms with van der Waals surface area (Å²) in [6.07, 6.45) is 5.37. The molecule has 0 saturated heterocycles. The Morgan fingerprint density at radius 2 is 1.12 bits per heavy atom. The molecule has 0 aliphatic rings. The number of unbranched alkanes of at least 4 members (excludes halogenated alkanes) is 1. The van der Waals surface area contributed by atoms with Gasteiger partial charge in [0.05, 0.1) is 0 Å².